The molecule has 1 saturated carbocycles. The van der Waals surface area contributed by atoms with E-state index in [1.165, 1.54) is 12.1 Å². The summed E-state index contributed by atoms with van der Waals surface area (Å²) in [5.41, 5.74) is 0.148. The second-order valence-electron chi connectivity index (χ2n) is 8.21. The van der Waals surface area contributed by atoms with Crippen LogP contribution in [0.5, 0.6) is 0 Å². The number of carbonyl (C=O) groups is 1. The molecule has 2 aliphatic rings. The summed E-state index contributed by atoms with van der Waals surface area (Å²) < 4.78 is 27.4. The Balaban J connectivity index is 1.64. The van der Waals surface area contributed by atoms with E-state index in [9.17, 15) is 23.3 Å². The van der Waals surface area contributed by atoms with E-state index in [1.54, 1.807) is 0 Å². The molecule has 31 heavy (non-hydrogen) atoms. The lowest BCUT2D eigenvalue weighted by molar-refractivity contribution is -0.384. The van der Waals surface area contributed by atoms with E-state index in [0.717, 1.165) is 18.9 Å². The molecule has 11 nitrogen and oxygen atoms in total. The minimum absolute atomic E-state index is 0.0123. The molecule has 1 aromatic rings. The average molecular weight is 455 g/mol. The number of nitro groups is 1. The third kappa shape index (κ3) is 6.60. The Morgan fingerprint density at radius 2 is 1.90 bits per heavy atom. The van der Waals surface area contributed by atoms with Gasteiger partial charge in [0.05, 0.1) is 16.4 Å². The third-order valence-corrected chi connectivity index (χ3v) is 6.79. The maximum atomic E-state index is 12.5. The molecule has 1 aliphatic carbocycles. The fourth-order valence-corrected chi connectivity index (χ4v) is 4.46. The van der Waals surface area contributed by atoms with E-state index in [2.05, 4.69) is 10.0 Å². The maximum Gasteiger partial charge on any atom is 0.293 e. The van der Waals surface area contributed by atoms with Crippen LogP contribution < -0.4 is 14.9 Å². The van der Waals surface area contributed by atoms with E-state index in [1.807, 2.05) is 28.8 Å². The normalized spacial score (nSPS) is 17.7. The maximum absolute atomic E-state index is 12.5. The SMILES string of the molecule is CN(C)CCNS(=O)(=O)c1ccc(N2CCN(CC(=O)NC3CC3)CC2)c([N+](=O)[O-])c1. The largest absolute Gasteiger partial charge is 0.363 e. The van der Waals surface area contributed by atoms with E-state index in [0.29, 0.717) is 51.0 Å². The lowest BCUT2D eigenvalue weighted by atomic mass is 10.2. The number of nitrogens with one attached hydrogen (secondary N) is 2. The number of nitrogens with zero attached hydrogens (tertiary/aromatic N) is 4. The molecule has 0 radical (unpaired) electrons. The van der Waals surface area contributed by atoms with Crippen LogP contribution >= 0.6 is 0 Å². The van der Waals surface area contributed by atoms with Crippen LogP contribution in [0.4, 0.5) is 11.4 Å². The highest BCUT2D eigenvalue weighted by Gasteiger charge is 2.28. The molecule has 0 unspecified atom stereocenters. The van der Waals surface area contributed by atoms with Gasteiger partial charge in [0, 0.05) is 51.4 Å². The number of benzene rings is 1. The number of amides is 1. The summed E-state index contributed by atoms with van der Waals surface area (Å²) in [7, 11) is -0.186. The lowest BCUT2D eigenvalue weighted by Gasteiger charge is -2.35. The predicted molar refractivity (Wildman–Crippen MR) is 117 cm³/mol. The molecular formula is C19H30N6O5S. The van der Waals surface area contributed by atoms with E-state index in [4.69, 9.17) is 0 Å². The number of sulfonamides is 1. The molecular weight excluding hydrogens is 424 g/mol. The van der Waals surface area contributed by atoms with Gasteiger partial charge in [-0.2, -0.15) is 0 Å². The number of likely N-dealkylation sites (N-methyl/N-ethyl adjacent to an activating group) is 1. The van der Waals surface area contributed by atoms with Crippen LogP contribution in [-0.4, -0.2) is 95.0 Å². The molecule has 3 rings (SSSR count). The summed E-state index contributed by atoms with van der Waals surface area (Å²) in [6.07, 6.45) is 2.08. The molecule has 172 valence electrons. The number of piperazine rings is 1. The van der Waals surface area contributed by atoms with Gasteiger partial charge in [-0.3, -0.25) is 19.8 Å². The van der Waals surface area contributed by atoms with Crippen molar-refractivity contribution >= 4 is 27.3 Å². The topological polar surface area (TPSA) is 128 Å². The van der Waals surface area contributed by atoms with Crippen LogP contribution in [0.1, 0.15) is 12.8 Å². The van der Waals surface area contributed by atoms with Crippen LogP contribution in [0.25, 0.3) is 0 Å². The first-order valence-corrected chi connectivity index (χ1v) is 11.8. The Morgan fingerprint density at radius 3 is 2.48 bits per heavy atom. The molecule has 1 saturated heterocycles. The van der Waals surface area contributed by atoms with Gasteiger partial charge in [0.25, 0.3) is 5.69 Å². The second-order valence-corrected chi connectivity index (χ2v) is 9.98. The fourth-order valence-electron chi connectivity index (χ4n) is 3.42. The van der Waals surface area contributed by atoms with Crippen molar-refractivity contribution < 1.29 is 18.1 Å². The van der Waals surface area contributed by atoms with Gasteiger partial charge < -0.3 is 15.1 Å². The average Bonchev–Trinajstić information content (AvgIpc) is 3.51. The minimum atomic E-state index is -3.84. The molecule has 1 aromatic carbocycles. The summed E-state index contributed by atoms with van der Waals surface area (Å²) >= 11 is 0. The van der Waals surface area contributed by atoms with Gasteiger partial charge in [-0.25, -0.2) is 13.1 Å². The Kier molecular flexibility index (Phi) is 7.46. The van der Waals surface area contributed by atoms with E-state index in [-0.39, 0.29) is 23.0 Å². The zero-order valence-electron chi connectivity index (χ0n) is 17.9. The number of nitro benzene ring substituents is 1. The molecule has 0 bridgehead atoms. The number of hydrogen-bond donors (Lipinski definition) is 2. The quantitative estimate of drug-likeness (QED) is 0.369. The Labute approximate surface area is 182 Å². The first-order chi connectivity index (χ1) is 14.7. The molecule has 0 atom stereocenters. The third-order valence-electron chi connectivity index (χ3n) is 5.33. The van der Waals surface area contributed by atoms with Crippen molar-refractivity contribution in [3.8, 4) is 0 Å². The highest BCUT2D eigenvalue weighted by atomic mass is 32.2. The minimum Gasteiger partial charge on any atom is -0.363 e. The van der Waals surface area contributed by atoms with Gasteiger partial charge in [0.2, 0.25) is 15.9 Å². The van der Waals surface area contributed by atoms with E-state index < -0.39 is 14.9 Å². The van der Waals surface area contributed by atoms with Crippen molar-refractivity contribution in [2.24, 2.45) is 0 Å². The number of carbonyl (C=O) groups excluding carboxylic acids is 1. The lowest BCUT2D eigenvalue weighted by Crippen LogP contribution is -2.49. The molecule has 2 N–H and O–H groups in total. The summed E-state index contributed by atoms with van der Waals surface area (Å²) in [5.74, 6) is 0.0123. The van der Waals surface area contributed by atoms with Gasteiger partial charge in [-0.1, -0.05) is 0 Å². The van der Waals surface area contributed by atoms with Gasteiger partial charge in [-0.05, 0) is 39.1 Å². The van der Waals surface area contributed by atoms with Crippen molar-refractivity contribution in [2.45, 2.75) is 23.8 Å². The van der Waals surface area contributed by atoms with Crippen molar-refractivity contribution in [3.05, 3.63) is 28.3 Å². The van der Waals surface area contributed by atoms with Crippen LogP contribution in [0, 0.1) is 10.1 Å². The smallest absolute Gasteiger partial charge is 0.293 e. The Bertz CT molecular complexity index is 910. The van der Waals surface area contributed by atoms with Gasteiger partial charge in [-0.15, -0.1) is 0 Å². The van der Waals surface area contributed by atoms with Gasteiger partial charge >= 0.3 is 0 Å². The molecule has 0 spiro atoms. The standard InChI is InChI=1S/C19H30N6O5S/c1-22(2)8-7-20-31(29,30)16-5-6-17(18(13-16)25(27)28)24-11-9-23(10-12-24)14-19(26)21-15-3-4-15/h5-6,13,15,20H,3-4,7-12,14H2,1-2H3,(H,21,26). The molecule has 12 heteroatoms. The predicted octanol–water partition coefficient (Wildman–Crippen LogP) is -0.165. The Hall–Kier alpha value is -2.28. The summed E-state index contributed by atoms with van der Waals surface area (Å²) in [4.78, 5) is 28.7. The molecule has 0 aromatic heterocycles. The highest BCUT2D eigenvalue weighted by molar-refractivity contribution is 7.89. The van der Waals surface area contributed by atoms with Crippen LogP contribution in [0.15, 0.2) is 23.1 Å². The zero-order chi connectivity index (χ0) is 22.6. The first kappa shape index (κ1) is 23.4. The zero-order valence-corrected chi connectivity index (χ0v) is 18.7. The van der Waals surface area contributed by atoms with Crippen LogP contribution in [0.3, 0.4) is 0 Å². The van der Waals surface area contributed by atoms with Crippen LogP contribution in [0.2, 0.25) is 0 Å². The van der Waals surface area contributed by atoms with E-state index >= 15 is 0 Å². The molecule has 1 aliphatic heterocycles. The second kappa shape index (κ2) is 9.90. The first-order valence-electron chi connectivity index (χ1n) is 10.4. The van der Waals surface area contributed by atoms with Crippen molar-refractivity contribution in [2.75, 3.05) is 64.8 Å². The van der Waals surface area contributed by atoms with Crippen molar-refractivity contribution in [1.82, 2.24) is 19.8 Å². The summed E-state index contributed by atoms with van der Waals surface area (Å²) in [6, 6.07) is 4.33. The summed E-state index contributed by atoms with van der Waals surface area (Å²) in [6.45, 7) is 3.28. The highest BCUT2D eigenvalue weighted by Crippen LogP contribution is 2.31. The van der Waals surface area contributed by atoms with Gasteiger partial charge in [0.1, 0.15) is 5.69 Å². The summed E-state index contributed by atoms with van der Waals surface area (Å²) in [5, 5.41) is 14.6. The van der Waals surface area contributed by atoms with Crippen LogP contribution in [-0.2, 0) is 14.8 Å². The molecule has 1 heterocycles. The molecule has 1 amide bonds. The number of hydrogen-bond acceptors (Lipinski definition) is 8. The Morgan fingerprint density at radius 1 is 1.23 bits per heavy atom. The number of rotatable bonds is 10. The number of anilines is 1. The fraction of sp³-hybridized carbons (Fsp3) is 0.632. The van der Waals surface area contributed by atoms with Crippen molar-refractivity contribution in [1.29, 1.82) is 0 Å². The monoisotopic (exact) mass is 454 g/mol. The molecule has 2 fully saturated rings. The van der Waals surface area contributed by atoms with Crippen molar-refractivity contribution in [3.63, 3.8) is 0 Å². The van der Waals surface area contributed by atoms with Gasteiger partial charge in [0.15, 0.2) is 0 Å².